The van der Waals surface area contributed by atoms with Crippen LogP contribution < -0.4 is 10.1 Å². The molecule has 0 bridgehead atoms. The van der Waals surface area contributed by atoms with Crippen LogP contribution in [0.5, 0.6) is 5.75 Å². The Bertz CT molecular complexity index is 987. The van der Waals surface area contributed by atoms with Gasteiger partial charge in [-0.15, -0.1) is 0 Å². The molecule has 1 aliphatic heterocycles. The Balaban J connectivity index is 1.28. The molecule has 156 valence electrons. The molecule has 0 saturated carbocycles. The predicted molar refractivity (Wildman–Crippen MR) is 119 cm³/mol. The predicted octanol–water partition coefficient (Wildman–Crippen LogP) is 5.84. The maximum atomic E-state index is 13.0. The van der Waals surface area contributed by atoms with Gasteiger partial charge in [-0.1, -0.05) is 23.7 Å². The molecule has 1 saturated heterocycles. The molecule has 3 aromatic rings. The molecule has 30 heavy (non-hydrogen) atoms. The normalized spacial score (nSPS) is 15.1. The molecular weight excluding hydrogens is 423 g/mol. The highest BCUT2D eigenvalue weighted by atomic mass is 35.5. The van der Waals surface area contributed by atoms with Gasteiger partial charge in [-0.25, -0.2) is 4.39 Å². The molecule has 0 aliphatic carbocycles. The number of anilines is 1. The van der Waals surface area contributed by atoms with E-state index in [0.29, 0.717) is 22.0 Å². The number of halogens is 2. The Kier molecular flexibility index (Phi) is 6.67. The molecule has 1 aromatic heterocycles. The van der Waals surface area contributed by atoms with Crippen molar-refractivity contribution in [3.63, 3.8) is 0 Å². The van der Waals surface area contributed by atoms with Gasteiger partial charge in [0, 0.05) is 30.7 Å². The van der Waals surface area contributed by atoms with Gasteiger partial charge in [0.25, 0.3) is 5.91 Å². The summed E-state index contributed by atoms with van der Waals surface area (Å²) < 4.78 is 19.2. The van der Waals surface area contributed by atoms with Crippen molar-refractivity contribution in [3.8, 4) is 5.75 Å². The molecule has 1 aliphatic rings. The molecule has 0 unspecified atom stereocenters. The van der Waals surface area contributed by atoms with Gasteiger partial charge in [-0.3, -0.25) is 9.69 Å². The third-order valence-corrected chi connectivity index (χ3v) is 6.10. The van der Waals surface area contributed by atoms with Crippen molar-refractivity contribution in [2.45, 2.75) is 25.5 Å². The third-order valence-electron chi connectivity index (χ3n) is 5.12. The van der Waals surface area contributed by atoms with Crippen LogP contribution in [0, 0.1) is 5.82 Å². The van der Waals surface area contributed by atoms with E-state index in [0.717, 1.165) is 38.0 Å². The topological polar surface area (TPSA) is 41.6 Å². The first-order valence-corrected chi connectivity index (χ1v) is 11.2. The zero-order valence-electron chi connectivity index (χ0n) is 16.3. The summed E-state index contributed by atoms with van der Waals surface area (Å²) in [6.07, 6.45) is 1.89. The van der Waals surface area contributed by atoms with Crippen LogP contribution in [0.15, 0.2) is 59.3 Å². The number of ether oxygens (including phenoxy) is 1. The molecule has 2 aromatic carbocycles. The second kappa shape index (κ2) is 9.60. The molecule has 0 spiro atoms. The molecule has 1 N–H and O–H groups in total. The van der Waals surface area contributed by atoms with Gasteiger partial charge in [-0.2, -0.15) is 11.3 Å². The van der Waals surface area contributed by atoms with Crippen molar-refractivity contribution >= 4 is 34.5 Å². The Morgan fingerprint density at radius 1 is 1.17 bits per heavy atom. The lowest BCUT2D eigenvalue weighted by Gasteiger charge is -2.32. The van der Waals surface area contributed by atoms with Crippen molar-refractivity contribution in [2.24, 2.45) is 0 Å². The van der Waals surface area contributed by atoms with E-state index in [2.05, 4.69) is 10.2 Å². The van der Waals surface area contributed by atoms with Gasteiger partial charge in [0.15, 0.2) is 0 Å². The van der Waals surface area contributed by atoms with E-state index in [1.807, 2.05) is 17.5 Å². The third kappa shape index (κ3) is 5.39. The van der Waals surface area contributed by atoms with Crippen LogP contribution in [-0.4, -0.2) is 30.0 Å². The van der Waals surface area contributed by atoms with E-state index >= 15 is 0 Å². The summed E-state index contributed by atoms with van der Waals surface area (Å²) >= 11 is 7.87. The molecule has 2 heterocycles. The number of nitrogens with zero attached hydrogens (tertiary/aromatic N) is 1. The Morgan fingerprint density at radius 3 is 2.60 bits per heavy atom. The van der Waals surface area contributed by atoms with Crippen LogP contribution in [0.3, 0.4) is 0 Å². The molecule has 1 amide bonds. The minimum atomic E-state index is -0.209. The molecular formula is C23H22ClFN2O2S. The first-order chi connectivity index (χ1) is 14.6. The summed E-state index contributed by atoms with van der Waals surface area (Å²) in [5.74, 6) is 0.261. The largest absolute Gasteiger partial charge is 0.489 e. The molecule has 1 fully saturated rings. The number of nitrogens with one attached hydrogen (secondary N) is 1. The number of amides is 1. The van der Waals surface area contributed by atoms with Gasteiger partial charge in [0.2, 0.25) is 0 Å². The van der Waals surface area contributed by atoms with Crippen molar-refractivity contribution in [2.75, 3.05) is 18.4 Å². The SMILES string of the molecule is O=C(Nc1ccc(OC2CCN(Cc3ccc(F)cc3)CC2)c(Cl)c1)c1ccsc1. The van der Waals surface area contributed by atoms with Crippen molar-refractivity contribution in [1.82, 2.24) is 4.90 Å². The Hall–Kier alpha value is -2.41. The highest BCUT2D eigenvalue weighted by Gasteiger charge is 2.21. The lowest BCUT2D eigenvalue weighted by Crippen LogP contribution is -2.37. The van der Waals surface area contributed by atoms with Gasteiger partial charge in [-0.05, 0) is 60.2 Å². The summed E-state index contributed by atoms with van der Waals surface area (Å²) in [6.45, 7) is 2.63. The number of hydrogen-bond donors (Lipinski definition) is 1. The molecule has 0 atom stereocenters. The first-order valence-electron chi connectivity index (χ1n) is 9.83. The smallest absolute Gasteiger partial charge is 0.256 e. The van der Waals surface area contributed by atoms with E-state index < -0.39 is 0 Å². The van der Waals surface area contributed by atoms with Gasteiger partial charge >= 0.3 is 0 Å². The molecule has 0 radical (unpaired) electrons. The van der Waals surface area contributed by atoms with E-state index in [-0.39, 0.29) is 17.8 Å². The Morgan fingerprint density at radius 2 is 1.93 bits per heavy atom. The minimum Gasteiger partial charge on any atom is -0.489 e. The summed E-state index contributed by atoms with van der Waals surface area (Å²) in [5, 5.41) is 6.99. The number of piperidine rings is 1. The van der Waals surface area contributed by atoms with Crippen molar-refractivity contribution in [1.29, 1.82) is 0 Å². The molecule has 7 heteroatoms. The van der Waals surface area contributed by atoms with Crippen LogP contribution in [0.4, 0.5) is 10.1 Å². The standard InChI is InChI=1S/C23H22ClFN2O2S/c24-21-13-19(26-23(28)17-9-12-30-15-17)5-6-22(21)29-20-7-10-27(11-8-20)14-16-1-3-18(25)4-2-16/h1-6,9,12-13,15,20H,7-8,10-11,14H2,(H,26,28). The summed E-state index contributed by atoms with van der Waals surface area (Å²) in [6, 6.07) is 13.8. The maximum absolute atomic E-state index is 13.0. The number of benzene rings is 2. The van der Waals surface area contributed by atoms with Gasteiger partial charge < -0.3 is 10.1 Å². The average Bonchev–Trinajstić information content (AvgIpc) is 3.28. The second-order valence-electron chi connectivity index (χ2n) is 7.33. The van der Waals surface area contributed by atoms with Crippen molar-refractivity contribution < 1.29 is 13.9 Å². The molecule has 4 nitrogen and oxygen atoms in total. The minimum absolute atomic E-state index is 0.0956. The van der Waals surface area contributed by atoms with Crippen LogP contribution in [0.1, 0.15) is 28.8 Å². The zero-order valence-corrected chi connectivity index (χ0v) is 17.9. The average molecular weight is 445 g/mol. The van der Waals surface area contributed by atoms with Crippen LogP contribution in [-0.2, 0) is 6.54 Å². The van der Waals surface area contributed by atoms with E-state index in [4.69, 9.17) is 16.3 Å². The summed E-state index contributed by atoms with van der Waals surface area (Å²) in [5.41, 5.74) is 2.38. The number of likely N-dealkylation sites (tertiary alicyclic amines) is 1. The second-order valence-corrected chi connectivity index (χ2v) is 8.52. The number of carbonyl (C=O) groups is 1. The van der Waals surface area contributed by atoms with E-state index in [1.54, 1.807) is 29.6 Å². The monoisotopic (exact) mass is 444 g/mol. The van der Waals surface area contributed by atoms with Crippen molar-refractivity contribution in [3.05, 3.63) is 81.3 Å². The summed E-state index contributed by atoms with van der Waals surface area (Å²) in [7, 11) is 0. The quantitative estimate of drug-likeness (QED) is 0.519. The molecule has 4 rings (SSSR count). The lowest BCUT2D eigenvalue weighted by molar-refractivity contribution is 0.0968. The van der Waals surface area contributed by atoms with Crippen LogP contribution in [0.2, 0.25) is 5.02 Å². The fraction of sp³-hybridized carbons (Fsp3) is 0.261. The van der Waals surface area contributed by atoms with Crippen LogP contribution in [0.25, 0.3) is 0 Å². The highest BCUT2D eigenvalue weighted by Crippen LogP contribution is 2.30. The van der Waals surface area contributed by atoms with Crippen LogP contribution >= 0.6 is 22.9 Å². The zero-order chi connectivity index (χ0) is 20.9. The number of carbonyl (C=O) groups excluding carboxylic acids is 1. The highest BCUT2D eigenvalue weighted by molar-refractivity contribution is 7.08. The van der Waals surface area contributed by atoms with E-state index in [1.165, 1.54) is 23.5 Å². The first kappa shape index (κ1) is 20.8. The Labute approximate surface area is 184 Å². The lowest BCUT2D eigenvalue weighted by atomic mass is 10.1. The number of thiophene rings is 1. The van der Waals surface area contributed by atoms with Gasteiger partial charge in [0.1, 0.15) is 17.7 Å². The summed E-state index contributed by atoms with van der Waals surface area (Å²) in [4.78, 5) is 14.5. The van der Waals surface area contributed by atoms with E-state index in [9.17, 15) is 9.18 Å². The fourth-order valence-electron chi connectivity index (χ4n) is 3.48. The fourth-order valence-corrected chi connectivity index (χ4v) is 4.34. The number of rotatable bonds is 6. The number of hydrogen-bond acceptors (Lipinski definition) is 4. The van der Waals surface area contributed by atoms with Gasteiger partial charge in [0.05, 0.1) is 10.6 Å². The maximum Gasteiger partial charge on any atom is 0.256 e.